The quantitative estimate of drug-likeness (QED) is 0.0659. The summed E-state index contributed by atoms with van der Waals surface area (Å²) in [6.07, 6.45) is -23.0. The molecule has 2 aliphatic carbocycles. The molecule has 0 amide bonds. The summed E-state index contributed by atoms with van der Waals surface area (Å²) in [6.45, 7) is -1.36. The number of rotatable bonds is 12. The largest absolute Gasteiger partial charge is 0.481 e. The van der Waals surface area contributed by atoms with Crippen molar-refractivity contribution in [2.45, 2.75) is 149 Å². The number of carboxylic acids is 1. The van der Waals surface area contributed by atoms with Crippen molar-refractivity contribution in [3.8, 4) is 0 Å². The first-order valence-electron chi connectivity index (χ1n) is 17.4. The second-order valence-electron chi connectivity index (χ2n) is 14.2. The third-order valence-electron chi connectivity index (χ3n) is 10.9. The molecule has 0 aromatic rings. The van der Waals surface area contributed by atoms with E-state index < -0.39 is 148 Å². The van der Waals surface area contributed by atoms with Crippen LogP contribution in [-0.4, -0.2) is 201 Å². The van der Waals surface area contributed by atoms with Crippen LogP contribution in [0.15, 0.2) is 0 Å². The fourth-order valence-corrected chi connectivity index (χ4v) is 8.07. The van der Waals surface area contributed by atoms with Gasteiger partial charge in [0.05, 0.1) is 49.3 Å². The van der Waals surface area contributed by atoms with Crippen LogP contribution in [-0.2, 0) is 47.5 Å². The lowest BCUT2D eigenvalue weighted by atomic mass is 9.72. The Hall–Kier alpha value is -1.70. The number of ether oxygens (including phenoxy) is 8. The maximum atomic E-state index is 11.8. The minimum atomic E-state index is -1.83. The van der Waals surface area contributed by atoms with E-state index in [2.05, 4.69) is 0 Å². The summed E-state index contributed by atoms with van der Waals surface area (Å²) in [6, 6.07) is 0. The minimum Gasteiger partial charge on any atom is -0.481 e. The number of aliphatic hydroxyl groups excluding tert-OH is 9. The fraction of sp³-hybridized carbons (Fsp3) is 0.938. The molecule has 0 aromatic heterocycles. The molecule has 5 aliphatic rings. The Morgan fingerprint density at radius 3 is 1.75 bits per heavy atom. The van der Waals surface area contributed by atoms with Crippen molar-refractivity contribution in [1.82, 2.24) is 0 Å². The van der Waals surface area contributed by atoms with E-state index in [0.29, 0.717) is 12.8 Å². The summed E-state index contributed by atoms with van der Waals surface area (Å²) in [5.74, 6) is -3.55. The monoisotopic (exact) mass is 756 g/mol. The highest BCUT2D eigenvalue weighted by atomic mass is 16.7. The number of esters is 1. The lowest BCUT2D eigenvalue weighted by Gasteiger charge is -2.53. The molecule has 0 bridgehead atoms. The number of hydrogen-bond acceptors (Lipinski definition) is 19. The summed E-state index contributed by atoms with van der Waals surface area (Å²) in [7, 11) is 2.90. The van der Waals surface area contributed by atoms with Gasteiger partial charge in [-0.25, -0.2) is 0 Å². The van der Waals surface area contributed by atoms with Crippen LogP contribution in [0.3, 0.4) is 0 Å². The summed E-state index contributed by atoms with van der Waals surface area (Å²) in [4.78, 5) is 22.6. The van der Waals surface area contributed by atoms with Crippen LogP contribution in [0.1, 0.15) is 38.5 Å². The van der Waals surface area contributed by atoms with Crippen molar-refractivity contribution in [3.63, 3.8) is 0 Å². The molecular formula is C32H52O20. The van der Waals surface area contributed by atoms with Crippen molar-refractivity contribution in [3.05, 3.63) is 0 Å². The number of carboxylic acid groups (broad SMARTS) is 1. The van der Waals surface area contributed by atoms with Crippen LogP contribution in [0, 0.1) is 11.8 Å². The summed E-state index contributed by atoms with van der Waals surface area (Å²) in [5.41, 5.74) is 0. The van der Waals surface area contributed by atoms with Gasteiger partial charge in [-0.2, -0.15) is 0 Å². The number of carbonyl (C=O) groups is 2. The van der Waals surface area contributed by atoms with Gasteiger partial charge in [-0.05, 0) is 31.6 Å². The van der Waals surface area contributed by atoms with Crippen molar-refractivity contribution < 1.29 is 98.5 Å². The molecule has 3 aliphatic heterocycles. The number of fused-ring (bicyclic) bond motifs is 1. The van der Waals surface area contributed by atoms with E-state index in [0.717, 1.165) is 0 Å². The Balaban J connectivity index is 1.38. The zero-order valence-electron chi connectivity index (χ0n) is 28.8. The molecule has 3 saturated heterocycles. The summed E-state index contributed by atoms with van der Waals surface area (Å²) in [5, 5.41) is 104. The molecule has 0 aromatic carbocycles. The Labute approximate surface area is 298 Å². The number of aliphatic hydroxyl groups is 9. The smallest absolute Gasteiger partial charge is 0.317 e. The molecule has 18 atom stereocenters. The fourth-order valence-electron chi connectivity index (χ4n) is 8.07. The topological polar surface area (TPSA) is 310 Å². The standard InChI is InChI=1S/C32H52O20/c1-45-16-3-11(4-17(46-2)23(16)38)30-18(50-32-28(43)26(41)24(39)19(9-33)51-32)7-13-14(48-30)5-12(34)6-15(13)49-31-29(44)27(42)25(40)20(52-31)10-47-22(37)8-21(35)36/h11-20,23-34,38-44H,3-10H2,1-2H3,(H,35,36). The van der Waals surface area contributed by atoms with Crippen LogP contribution in [0.2, 0.25) is 0 Å². The number of hydrogen-bond donors (Lipinski definition) is 10. The molecule has 20 nitrogen and oxygen atoms in total. The average molecular weight is 757 g/mol. The first-order valence-corrected chi connectivity index (χ1v) is 17.4. The first-order chi connectivity index (χ1) is 24.7. The first kappa shape index (κ1) is 41.5. The van der Waals surface area contributed by atoms with Crippen molar-refractivity contribution in [1.29, 1.82) is 0 Å². The van der Waals surface area contributed by atoms with Crippen molar-refractivity contribution in [2.24, 2.45) is 11.8 Å². The molecular weight excluding hydrogens is 704 g/mol. The lowest BCUT2D eigenvalue weighted by molar-refractivity contribution is -0.345. The van der Waals surface area contributed by atoms with Gasteiger partial charge in [0.2, 0.25) is 0 Å². The van der Waals surface area contributed by atoms with E-state index in [1.807, 2.05) is 0 Å². The predicted molar refractivity (Wildman–Crippen MR) is 166 cm³/mol. The maximum Gasteiger partial charge on any atom is 0.317 e. The van der Waals surface area contributed by atoms with Crippen LogP contribution < -0.4 is 0 Å². The molecule has 0 radical (unpaired) electrons. The predicted octanol–water partition coefficient (Wildman–Crippen LogP) is -4.89. The van der Waals surface area contributed by atoms with Gasteiger partial charge < -0.3 is 89.0 Å². The second-order valence-corrected chi connectivity index (χ2v) is 14.2. The molecule has 10 N–H and O–H groups in total. The Bertz CT molecular complexity index is 1160. The molecule has 300 valence electrons. The van der Waals surface area contributed by atoms with Gasteiger partial charge in [-0.1, -0.05) is 0 Å². The van der Waals surface area contributed by atoms with E-state index in [-0.39, 0.29) is 25.2 Å². The van der Waals surface area contributed by atoms with Gasteiger partial charge in [0.15, 0.2) is 12.6 Å². The number of methoxy groups -OCH3 is 2. The molecule has 18 unspecified atom stereocenters. The van der Waals surface area contributed by atoms with Crippen LogP contribution >= 0.6 is 0 Å². The highest BCUT2D eigenvalue weighted by Gasteiger charge is 2.55. The van der Waals surface area contributed by atoms with E-state index in [4.69, 9.17) is 43.0 Å². The maximum absolute atomic E-state index is 11.8. The zero-order chi connectivity index (χ0) is 38.0. The third-order valence-corrected chi connectivity index (χ3v) is 10.9. The Morgan fingerprint density at radius 1 is 0.635 bits per heavy atom. The molecule has 20 heteroatoms. The number of carbonyl (C=O) groups excluding carboxylic acids is 1. The molecule has 2 saturated carbocycles. The third kappa shape index (κ3) is 9.05. The van der Waals surface area contributed by atoms with Crippen LogP contribution in [0.5, 0.6) is 0 Å². The summed E-state index contributed by atoms with van der Waals surface area (Å²) >= 11 is 0. The van der Waals surface area contributed by atoms with Gasteiger partial charge in [0.25, 0.3) is 0 Å². The number of aliphatic carboxylic acids is 1. The SMILES string of the molecule is COC1CC(C2OC3CC(O)CC(OC4OC(COC(=O)CC(=O)O)C(O)C(O)C4O)C3CC2OC2OC(CO)C(O)C(O)C2O)CC(OC)C1O. The highest BCUT2D eigenvalue weighted by molar-refractivity contribution is 5.90. The highest BCUT2D eigenvalue weighted by Crippen LogP contribution is 2.45. The van der Waals surface area contributed by atoms with E-state index in [1.165, 1.54) is 14.2 Å². The average Bonchev–Trinajstić information content (AvgIpc) is 3.11. The second kappa shape index (κ2) is 17.8. The minimum absolute atomic E-state index is 0.00142. The Kier molecular flexibility index (Phi) is 14.2. The Morgan fingerprint density at radius 2 is 1.19 bits per heavy atom. The molecule has 0 spiro atoms. The van der Waals surface area contributed by atoms with Gasteiger partial charge in [0.1, 0.15) is 68.0 Å². The van der Waals surface area contributed by atoms with Gasteiger partial charge in [0, 0.05) is 26.6 Å². The van der Waals surface area contributed by atoms with Gasteiger partial charge >= 0.3 is 11.9 Å². The molecule has 52 heavy (non-hydrogen) atoms. The molecule has 3 heterocycles. The van der Waals surface area contributed by atoms with E-state index >= 15 is 0 Å². The van der Waals surface area contributed by atoms with Gasteiger partial charge in [-0.3, -0.25) is 9.59 Å². The van der Waals surface area contributed by atoms with Crippen molar-refractivity contribution >= 4 is 11.9 Å². The van der Waals surface area contributed by atoms with Crippen LogP contribution in [0.25, 0.3) is 0 Å². The summed E-state index contributed by atoms with van der Waals surface area (Å²) < 4.78 is 46.5. The van der Waals surface area contributed by atoms with E-state index in [1.54, 1.807) is 0 Å². The van der Waals surface area contributed by atoms with Crippen molar-refractivity contribution in [2.75, 3.05) is 27.4 Å². The van der Waals surface area contributed by atoms with Gasteiger partial charge in [-0.15, -0.1) is 0 Å². The lowest BCUT2D eigenvalue weighted by Crippen LogP contribution is -2.63. The van der Waals surface area contributed by atoms with Crippen LogP contribution in [0.4, 0.5) is 0 Å². The van der Waals surface area contributed by atoms with E-state index in [9.17, 15) is 55.5 Å². The normalized spacial score (nSPS) is 48.4. The molecule has 5 fully saturated rings. The zero-order valence-corrected chi connectivity index (χ0v) is 28.8. The molecule has 5 rings (SSSR count).